The molecule has 5 nitrogen and oxygen atoms in total. The van der Waals surface area contributed by atoms with Gasteiger partial charge in [-0.25, -0.2) is 4.98 Å². The van der Waals surface area contributed by atoms with E-state index < -0.39 is 12.1 Å². The largest absolute Gasteiger partial charge is 0.476 e. The number of aryl methyl sites for hydroxylation is 2. The van der Waals surface area contributed by atoms with Crippen molar-refractivity contribution in [3.63, 3.8) is 0 Å². The van der Waals surface area contributed by atoms with Crippen LogP contribution in [0, 0.1) is 19.8 Å². The van der Waals surface area contributed by atoms with E-state index in [1.165, 1.54) is 0 Å². The first kappa shape index (κ1) is 21.6. The predicted octanol–water partition coefficient (Wildman–Crippen LogP) is 4.36. The van der Waals surface area contributed by atoms with Gasteiger partial charge in [-0.15, -0.1) is 0 Å². The third-order valence-corrected chi connectivity index (χ3v) is 5.69. The van der Waals surface area contributed by atoms with Gasteiger partial charge in [0.05, 0.1) is 11.5 Å². The number of nitrogens with one attached hydrogen (secondary N) is 1. The molecule has 2 aromatic heterocycles. The molecule has 1 aliphatic rings. The molecule has 0 aromatic carbocycles. The number of H-pyrrole nitrogens is 1. The normalized spacial score (nSPS) is 16.2. The van der Waals surface area contributed by atoms with Crippen molar-refractivity contribution in [3.8, 4) is 17.0 Å². The molecule has 1 aliphatic heterocycles. The number of rotatable bonds is 5. The van der Waals surface area contributed by atoms with Crippen LogP contribution in [-0.4, -0.2) is 47.3 Å². The zero-order valence-electron chi connectivity index (χ0n) is 16.3. The molecule has 0 aliphatic carbocycles. The molecule has 3 heterocycles. The van der Waals surface area contributed by atoms with Crippen molar-refractivity contribution in [2.24, 2.45) is 5.92 Å². The molecular formula is C20H23ClF3N3O2. The maximum atomic E-state index is 12.7. The third kappa shape index (κ3) is 5.11. The molecule has 0 bridgehead atoms. The molecule has 1 N–H and O–H groups in total. The minimum absolute atomic E-state index is 0.128. The quantitative estimate of drug-likeness (QED) is 0.767. The Morgan fingerprint density at radius 1 is 1.24 bits per heavy atom. The number of halogens is 4. The van der Waals surface area contributed by atoms with Crippen molar-refractivity contribution in [2.75, 3.05) is 26.2 Å². The van der Waals surface area contributed by atoms with Gasteiger partial charge < -0.3 is 9.72 Å². The minimum Gasteiger partial charge on any atom is -0.476 e. The number of ether oxygens (including phenoxy) is 1. The maximum absolute atomic E-state index is 12.7. The second-order valence-electron chi connectivity index (χ2n) is 7.28. The number of aromatic amines is 1. The maximum Gasteiger partial charge on any atom is 0.391 e. The lowest BCUT2D eigenvalue weighted by Gasteiger charge is -2.32. The number of piperidine rings is 1. The summed E-state index contributed by atoms with van der Waals surface area (Å²) in [5, 5.41) is 0.153. The highest BCUT2D eigenvalue weighted by atomic mass is 35.5. The van der Waals surface area contributed by atoms with Crippen molar-refractivity contribution >= 4 is 11.6 Å². The van der Waals surface area contributed by atoms with Gasteiger partial charge in [-0.1, -0.05) is 11.6 Å². The van der Waals surface area contributed by atoms with E-state index in [0.29, 0.717) is 54.6 Å². The molecule has 0 unspecified atom stereocenters. The first-order valence-corrected chi connectivity index (χ1v) is 9.82. The van der Waals surface area contributed by atoms with Gasteiger partial charge in [-0.2, -0.15) is 13.2 Å². The average molecular weight is 430 g/mol. The number of hydrogen-bond donors (Lipinski definition) is 1. The van der Waals surface area contributed by atoms with Crippen LogP contribution >= 0.6 is 11.6 Å². The lowest BCUT2D eigenvalue weighted by Crippen LogP contribution is -2.40. The number of alkyl halides is 3. The molecule has 2 aromatic rings. The van der Waals surface area contributed by atoms with E-state index >= 15 is 0 Å². The van der Waals surface area contributed by atoms with Gasteiger partial charge in [0.25, 0.3) is 0 Å². The summed E-state index contributed by atoms with van der Waals surface area (Å²) in [6, 6.07) is 3.40. The van der Waals surface area contributed by atoms with E-state index in [1.807, 2.05) is 4.90 Å². The number of hydrogen-bond acceptors (Lipinski definition) is 4. The summed E-state index contributed by atoms with van der Waals surface area (Å²) in [7, 11) is 0. The summed E-state index contributed by atoms with van der Waals surface area (Å²) >= 11 is 6.06. The number of likely N-dealkylation sites (tertiary alicyclic amines) is 1. The van der Waals surface area contributed by atoms with Gasteiger partial charge >= 0.3 is 6.18 Å². The Bertz CT molecular complexity index is 905. The summed E-state index contributed by atoms with van der Waals surface area (Å²) in [6.45, 7) is 5.24. The molecule has 0 atom stereocenters. The van der Waals surface area contributed by atoms with Crippen LogP contribution in [0.1, 0.15) is 24.2 Å². The molecule has 0 radical (unpaired) electrons. The van der Waals surface area contributed by atoms with Crippen LogP contribution < -0.4 is 10.2 Å². The van der Waals surface area contributed by atoms with Crippen LogP contribution in [0.3, 0.4) is 0 Å². The van der Waals surface area contributed by atoms with Gasteiger partial charge in [0.2, 0.25) is 11.3 Å². The lowest BCUT2D eigenvalue weighted by atomic mass is 9.96. The van der Waals surface area contributed by atoms with Crippen molar-refractivity contribution in [1.29, 1.82) is 0 Å². The Labute approximate surface area is 171 Å². The van der Waals surface area contributed by atoms with Crippen molar-refractivity contribution in [2.45, 2.75) is 32.9 Å². The van der Waals surface area contributed by atoms with Gasteiger partial charge in [-0.3, -0.25) is 9.69 Å². The fraction of sp³-hybridized carbons (Fsp3) is 0.500. The summed E-state index contributed by atoms with van der Waals surface area (Å²) < 4.78 is 43.7. The second kappa shape index (κ2) is 8.75. The smallest absolute Gasteiger partial charge is 0.391 e. The van der Waals surface area contributed by atoms with E-state index in [2.05, 4.69) is 9.97 Å². The van der Waals surface area contributed by atoms with Crippen LogP contribution in [-0.2, 0) is 0 Å². The summed E-state index contributed by atoms with van der Waals surface area (Å²) in [5.41, 5.74) is 2.16. The summed E-state index contributed by atoms with van der Waals surface area (Å²) in [4.78, 5) is 21.7. The van der Waals surface area contributed by atoms with Gasteiger partial charge in [0.15, 0.2) is 0 Å². The van der Waals surface area contributed by atoms with Gasteiger partial charge in [-0.05, 0) is 45.8 Å². The number of aromatic nitrogens is 2. The monoisotopic (exact) mass is 429 g/mol. The molecule has 0 spiro atoms. The zero-order chi connectivity index (χ0) is 21.2. The van der Waals surface area contributed by atoms with Crippen LogP contribution in [0.15, 0.2) is 23.1 Å². The van der Waals surface area contributed by atoms with Crippen molar-refractivity contribution in [1.82, 2.24) is 14.9 Å². The first-order valence-electron chi connectivity index (χ1n) is 9.44. The fourth-order valence-corrected chi connectivity index (χ4v) is 3.72. The molecule has 29 heavy (non-hydrogen) atoms. The first-order chi connectivity index (χ1) is 13.7. The number of pyridine rings is 2. The third-order valence-electron chi connectivity index (χ3n) is 5.24. The molecule has 3 rings (SSSR count). The molecule has 0 saturated carbocycles. The Morgan fingerprint density at radius 3 is 2.52 bits per heavy atom. The topological polar surface area (TPSA) is 58.2 Å². The molecule has 0 amide bonds. The van der Waals surface area contributed by atoms with Crippen LogP contribution in [0.4, 0.5) is 13.2 Å². The minimum atomic E-state index is -4.10. The van der Waals surface area contributed by atoms with Gasteiger partial charge in [0.1, 0.15) is 11.6 Å². The van der Waals surface area contributed by atoms with Crippen molar-refractivity contribution < 1.29 is 17.9 Å². The predicted molar refractivity (Wildman–Crippen MR) is 105 cm³/mol. The molecular weight excluding hydrogens is 407 g/mol. The fourth-order valence-electron chi connectivity index (χ4n) is 3.57. The van der Waals surface area contributed by atoms with Crippen LogP contribution in [0.2, 0.25) is 5.02 Å². The summed E-state index contributed by atoms with van der Waals surface area (Å²) in [5.74, 6) is -0.804. The molecule has 9 heteroatoms. The van der Waals surface area contributed by atoms with E-state index in [9.17, 15) is 18.0 Å². The Kier molecular flexibility index (Phi) is 6.53. The van der Waals surface area contributed by atoms with E-state index in [4.69, 9.17) is 16.3 Å². The van der Waals surface area contributed by atoms with Gasteiger partial charge in [0, 0.05) is 35.8 Å². The van der Waals surface area contributed by atoms with E-state index in [1.54, 1.807) is 32.2 Å². The highest BCUT2D eigenvalue weighted by Gasteiger charge is 2.40. The number of nitrogens with zero attached hydrogens (tertiary/aromatic N) is 2. The van der Waals surface area contributed by atoms with E-state index in [0.717, 1.165) is 0 Å². The highest BCUT2D eigenvalue weighted by Crippen LogP contribution is 2.34. The van der Waals surface area contributed by atoms with Crippen molar-refractivity contribution in [3.05, 3.63) is 45.0 Å². The lowest BCUT2D eigenvalue weighted by molar-refractivity contribution is -0.185. The molecule has 1 saturated heterocycles. The molecule has 158 valence electrons. The zero-order valence-corrected chi connectivity index (χ0v) is 17.0. The molecule has 1 fully saturated rings. The SMILES string of the molecule is Cc1[nH]c(C)c(-c2ccc(OCCN3CCC(C(F)(F)F)CC3)nc2)c(=O)c1Cl. The summed E-state index contributed by atoms with van der Waals surface area (Å²) in [6.07, 6.45) is -2.30. The Morgan fingerprint density at radius 2 is 1.93 bits per heavy atom. The van der Waals surface area contributed by atoms with Crippen LogP contribution in [0.5, 0.6) is 5.88 Å². The Hall–Kier alpha value is -2.06. The van der Waals surface area contributed by atoms with E-state index in [-0.39, 0.29) is 23.3 Å². The van der Waals surface area contributed by atoms with Crippen LogP contribution in [0.25, 0.3) is 11.1 Å². The standard InChI is InChI=1S/C20H23ClF3N3O2/c1-12-17(19(28)18(21)13(2)26-12)14-3-4-16(25-11-14)29-10-9-27-7-5-15(6-8-27)20(22,23)24/h3-4,11,15H,5-10H2,1-2H3,(H,26,28). The average Bonchev–Trinajstić information content (AvgIpc) is 2.67. The second-order valence-corrected chi connectivity index (χ2v) is 7.66. The Balaban J connectivity index is 1.55. The highest BCUT2D eigenvalue weighted by molar-refractivity contribution is 6.31.